The number of benzene rings is 1. The first-order valence-corrected chi connectivity index (χ1v) is 6.30. The van der Waals surface area contributed by atoms with E-state index >= 15 is 0 Å². The number of rotatable bonds is 2. The highest BCUT2D eigenvalue weighted by Crippen LogP contribution is 2.45. The molecule has 2 unspecified atom stereocenters. The third-order valence-corrected chi connectivity index (χ3v) is 3.83. The maximum Gasteiger partial charge on any atom is 0.0131 e. The fourth-order valence-corrected chi connectivity index (χ4v) is 3.02. The Morgan fingerprint density at radius 2 is 1.89 bits per heavy atom. The molecule has 88 valence electrons. The van der Waals surface area contributed by atoms with E-state index in [0.717, 1.165) is 0 Å². The summed E-state index contributed by atoms with van der Waals surface area (Å²) in [4.78, 5) is 0. The van der Waals surface area contributed by atoms with Crippen molar-refractivity contribution in [1.29, 1.82) is 0 Å². The summed E-state index contributed by atoms with van der Waals surface area (Å²) in [6, 6.07) is 8.57. The summed E-state index contributed by atoms with van der Waals surface area (Å²) in [7, 11) is 0. The van der Waals surface area contributed by atoms with Crippen molar-refractivity contribution in [3.05, 3.63) is 90.6 Å². The fraction of sp³-hybridized carbons (Fsp3) is 0.111. The Hall–Kier alpha value is -2.08. The van der Waals surface area contributed by atoms with Crippen LogP contribution in [0.15, 0.2) is 79.5 Å². The van der Waals surface area contributed by atoms with Gasteiger partial charge in [0.15, 0.2) is 0 Å². The summed E-state index contributed by atoms with van der Waals surface area (Å²) in [5.41, 5.74) is 5.27. The Labute approximate surface area is 108 Å². The van der Waals surface area contributed by atoms with Crippen molar-refractivity contribution in [2.75, 3.05) is 0 Å². The van der Waals surface area contributed by atoms with Crippen LogP contribution in [0, 0.1) is 5.92 Å². The van der Waals surface area contributed by atoms with E-state index in [1.165, 1.54) is 22.3 Å². The van der Waals surface area contributed by atoms with E-state index < -0.39 is 0 Å². The molecule has 0 fully saturated rings. The predicted octanol–water partition coefficient (Wildman–Crippen LogP) is 4.65. The Kier molecular flexibility index (Phi) is 2.64. The van der Waals surface area contributed by atoms with Gasteiger partial charge in [0.2, 0.25) is 0 Å². The minimum atomic E-state index is 0.362. The highest BCUT2D eigenvalue weighted by Gasteiger charge is 2.30. The van der Waals surface area contributed by atoms with Gasteiger partial charge in [-0.15, -0.1) is 6.58 Å². The van der Waals surface area contributed by atoms with E-state index in [2.05, 4.69) is 67.8 Å². The predicted molar refractivity (Wildman–Crippen MR) is 78.3 cm³/mol. The second-order valence-electron chi connectivity index (χ2n) is 4.69. The molecule has 0 saturated heterocycles. The van der Waals surface area contributed by atoms with Crippen LogP contribution < -0.4 is 0 Å². The van der Waals surface area contributed by atoms with Gasteiger partial charge in [0, 0.05) is 11.8 Å². The van der Waals surface area contributed by atoms with Gasteiger partial charge in [-0.05, 0) is 22.3 Å². The molecule has 2 atom stereocenters. The maximum atomic E-state index is 4.02. The SMILES string of the molecule is C=CC1=C2C=CC=CC2C(C=C)c2ccccc21. The van der Waals surface area contributed by atoms with Gasteiger partial charge in [-0.25, -0.2) is 0 Å². The van der Waals surface area contributed by atoms with Gasteiger partial charge in [-0.2, -0.15) is 0 Å². The van der Waals surface area contributed by atoms with Gasteiger partial charge in [-0.1, -0.05) is 67.3 Å². The average Bonchev–Trinajstić information content (AvgIpc) is 2.44. The summed E-state index contributed by atoms with van der Waals surface area (Å²) < 4.78 is 0. The third-order valence-electron chi connectivity index (χ3n) is 3.83. The molecule has 18 heavy (non-hydrogen) atoms. The average molecular weight is 232 g/mol. The van der Waals surface area contributed by atoms with E-state index in [-0.39, 0.29) is 0 Å². The van der Waals surface area contributed by atoms with Crippen molar-refractivity contribution in [3.8, 4) is 0 Å². The van der Waals surface area contributed by atoms with Gasteiger partial charge >= 0.3 is 0 Å². The zero-order valence-electron chi connectivity index (χ0n) is 10.3. The molecule has 0 bridgehead atoms. The van der Waals surface area contributed by atoms with E-state index in [9.17, 15) is 0 Å². The Morgan fingerprint density at radius 3 is 2.67 bits per heavy atom. The van der Waals surface area contributed by atoms with Crippen LogP contribution >= 0.6 is 0 Å². The summed E-state index contributed by atoms with van der Waals surface area (Å²) in [6.07, 6.45) is 12.7. The second-order valence-corrected chi connectivity index (χ2v) is 4.69. The Bertz CT molecular complexity index is 596. The molecule has 3 rings (SSSR count). The third kappa shape index (κ3) is 1.46. The van der Waals surface area contributed by atoms with E-state index in [0.29, 0.717) is 11.8 Å². The van der Waals surface area contributed by atoms with Crippen LogP contribution in [0.2, 0.25) is 0 Å². The Morgan fingerprint density at radius 1 is 1.06 bits per heavy atom. The molecule has 1 aromatic carbocycles. The summed E-state index contributed by atoms with van der Waals surface area (Å²) in [5.74, 6) is 0.761. The highest BCUT2D eigenvalue weighted by molar-refractivity contribution is 5.83. The van der Waals surface area contributed by atoms with Crippen molar-refractivity contribution in [2.45, 2.75) is 5.92 Å². The first kappa shape index (κ1) is 11.0. The van der Waals surface area contributed by atoms with Crippen LogP contribution in [0.3, 0.4) is 0 Å². The fourth-order valence-electron chi connectivity index (χ4n) is 3.02. The van der Waals surface area contributed by atoms with Crippen molar-refractivity contribution in [2.24, 2.45) is 5.92 Å². The van der Waals surface area contributed by atoms with Crippen molar-refractivity contribution in [1.82, 2.24) is 0 Å². The summed E-state index contributed by atoms with van der Waals surface area (Å²) in [5, 5.41) is 0. The van der Waals surface area contributed by atoms with Gasteiger partial charge < -0.3 is 0 Å². The molecule has 2 aliphatic carbocycles. The molecule has 2 aliphatic rings. The lowest BCUT2D eigenvalue weighted by atomic mass is 9.70. The number of hydrogen-bond donors (Lipinski definition) is 0. The minimum Gasteiger partial charge on any atom is -0.102 e. The lowest BCUT2D eigenvalue weighted by molar-refractivity contribution is 0.669. The van der Waals surface area contributed by atoms with Crippen LogP contribution in [0.5, 0.6) is 0 Å². The van der Waals surface area contributed by atoms with Crippen molar-refractivity contribution >= 4 is 5.57 Å². The summed E-state index contributed by atoms with van der Waals surface area (Å²) >= 11 is 0. The standard InChI is InChI=1S/C18H16/c1-3-13-15-9-5-7-11-17(15)14(4-2)18-12-8-6-10-16(13)18/h3-13,15H,1-2H2. The van der Waals surface area contributed by atoms with Gasteiger partial charge in [0.25, 0.3) is 0 Å². The molecule has 0 heteroatoms. The lowest BCUT2D eigenvalue weighted by Crippen LogP contribution is -2.19. The molecular weight excluding hydrogens is 216 g/mol. The topological polar surface area (TPSA) is 0 Å². The zero-order valence-corrected chi connectivity index (χ0v) is 10.3. The van der Waals surface area contributed by atoms with Crippen LogP contribution in [0.1, 0.15) is 17.0 Å². The van der Waals surface area contributed by atoms with Gasteiger partial charge in [0.1, 0.15) is 0 Å². The second kappa shape index (κ2) is 4.30. The van der Waals surface area contributed by atoms with Crippen LogP contribution in [0.25, 0.3) is 5.57 Å². The lowest BCUT2D eigenvalue weighted by Gasteiger charge is -2.33. The molecule has 1 aromatic rings. The number of allylic oxidation sites excluding steroid dienone is 8. The quantitative estimate of drug-likeness (QED) is 0.651. The first-order chi connectivity index (χ1) is 8.86. The van der Waals surface area contributed by atoms with Crippen LogP contribution in [0.4, 0.5) is 0 Å². The largest absolute Gasteiger partial charge is 0.102 e. The van der Waals surface area contributed by atoms with Crippen molar-refractivity contribution in [3.63, 3.8) is 0 Å². The summed E-state index contributed by atoms with van der Waals surface area (Å²) in [6.45, 7) is 8.00. The van der Waals surface area contributed by atoms with Crippen molar-refractivity contribution < 1.29 is 0 Å². The van der Waals surface area contributed by atoms with E-state index in [4.69, 9.17) is 0 Å². The monoisotopic (exact) mass is 232 g/mol. The maximum absolute atomic E-state index is 4.02. The van der Waals surface area contributed by atoms with Gasteiger partial charge in [0.05, 0.1) is 0 Å². The Balaban J connectivity index is 2.31. The van der Waals surface area contributed by atoms with E-state index in [1.807, 2.05) is 6.08 Å². The highest BCUT2D eigenvalue weighted by atomic mass is 14.3. The molecule has 0 amide bonds. The van der Waals surface area contributed by atoms with Gasteiger partial charge in [-0.3, -0.25) is 0 Å². The van der Waals surface area contributed by atoms with Crippen LogP contribution in [-0.2, 0) is 0 Å². The first-order valence-electron chi connectivity index (χ1n) is 6.30. The zero-order chi connectivity index (χ0) is 12.5. The molecule has 0 aliphatic heterocycles. The molecule has 0 saturated carbocycles. The molecule has 0 aromatic heterocycles. The molecule has 0 spiro atoms. The molecule has 0 N–H and O–H groups in total. The molecule has 0 nitrogen and oxygen atoms in total. The molecule has 0 radical (unpaired) electrons. The number of hydrogen-bond acceptors (Lipinski definition) is 0. The molecule has 0 heterocycles. The van der Waals surface area contributed by atoms with E-state index in [1.54, 1.807) is 0 Å². The molecular formula is C18H16. The normalized spacial score (nSPS) is 24.4. The van der Waals surface area contributed by atoms with Crippen LogP contribution in [-0.4, -0.2) is 0 Å². The smallest absolute Gasteiger partial charge is 0.0131 e. The minimum absolute atomic E-state index is 0.362. The number of fused-ring (bicyclic) bond motifs is 2.